The molecule has 2 aromatic rings. The third kappa shape index (κ3) is 2.69. The van der Waals surface area contributed by atoms with Crippen molar-refractivity contribution < 1.29 is 9.47 Å². The van der Waals surface area contributed by atoms with Gasteiger partial charge in [-0.15, -0.1) is 23.7 Å². The summed E-state index contributed by atoms with van der Waals surface area (Å²) in [7, 11) is 0. The van der Waals surface area contributed by atoms with Crippen LogP contribution in [0.1, 0.15) is 30.7 Å². The van der Waals surface area contributed by atoms with Crippen molar-refractivity contribution >= 4 is 23.7 Å². The van der Waals surface area contributed by atoms with Crippen LogP contribution in [0.3, 0.4) is 0 Å². The van der Waals surface area contributed by atoms with Crippen LogP contribution in [0.15, 0.2) is 23.6 Å². The lowest BCUT2D eigenvalue weighted by molar-refractivity contribution is 0.171. The fourth-order valence-corrected chi connectivity index (χ4v) is 4.06. The molecule has 4 nitrogen and oxygen atoms in total. The van der Waals surface area contributed by atoms with Crippen molar-refractivity contribution in [3.63, 3.8) is 0 Å². The molecule has 4 rings (SSSR count). The molecule has 22 heavy (non-hydrogen) atoms. The summed E-state index contributed by atoms with van der Waals surface area (Å²) >= 11 is 1.67. The highest BCUT2D eigenvalue weighted by Gasteiger charge is 2.34. The van der Waals surface area contributed by atoms with Gasteiger partial charge in [-0.3, -0.25) is 0 Å². The molecule has 0 atom stereocenters. The fraction of sp³-hybridized carbons (Fsp3) is 0.438. The van der Waals surface area contributed by atoms with Gasteiger partial charge in [0.05, 0.1) is 11.2 Å². The average molecular weight is 339 g/mol. The third-order valence-corrected chi connectivity index (χ3v) is 5.33. The van der Waals surface area contributed by atoms with Crippen molar-refractivity contribution in [2.75, 3.05) is 13.2 Å². The lowest BCUT2D eigenvalue weighted by Crippen LogP contribution is -2.32. The highest BCUT2D eigenvalue weighted by atomic mass is 35.5. The number of ether oxygens (including phenoxy) is 2. The number of fused-ring (bicyclic) bond motifs is 1. The van der Waals surface area contributed by atoms with Crippen molar-refractivity contribution in [2.45, 2.75) is 31.2 Å². The van der Waals surface area contributed by atoms with Crippen LogP contribution in [0.25, 0.3) is 11.3 Å². The Morgan fingerprint density at radius 3 is 2.59 bits per heavy atom. The van der Waals surface area contributed by atoms with Crippen LogP contribution in [0.5, 0.6) is 11.5 Å². The molecule has 1 aromatic heterocycles. The lowest BCUT2D eigenvalue weighted by Gasteiger charge is -2.20. The molecule has 1 fully saturated rings. The number of hydrogen-bond acceptors (Lipinski definition) is 5. The van der Waals surface area contributed by atoms with Crippen LogP contribution in [-0.4, -0.2) is 18.2 Å². The summed E-state index contributed by atoms with van der Waals surface area (Å²) in [5.74, 6) is 1.61. The molecular weight excluding hydrogens is 320 g/mol. The van der Waals surface area contributed by atoms with Gasteiger partial charge in [0.25, 0.3) is 0 Å². The minimum atomic E-state index is -0.212. The van der Waals surface area contributed by atoms with Gasteiger partial charge in [-0.2, -0.15) is 0 Å². The summed E-state index contributed by atoms with van der Waals surface area (Å²) in [6.07, 6.45) is 4.49. The largest absolute Gasteiger partial charge is 0.486 e. The zero-order valence-electron chi connectivity index (χ0n) is 12.2. The molecule has 0 radical (unpaired) electrons. The highest BCUT2D eigenvalue weighted by molar-refractivity contribution is 7.10. The van der Waals surface area contributed by atoms with Gasteiger partial charge in [-0.25, -0.2) is 4.98 Å². The van der Waals surface area contributed by atoms with E-state index in [-0.39, 0.29) is 17.9 Å². The third-order valence-electron chi connectivity index (χ3n) is 4.26. The van der Waals surface area contributed by atoms with E-state index in [0.717, 1.165) is 40.6 Å². The second-order valence-corrected chi connectivity index (χ2v) is 6.62. The number of aromatic nitrogens is 1. The predicted molar refractivity (Wildman–Crippen MR) is 90.1 cm³/mol. The highest BCUT2D eigenvalue weighted by Crippen LogP contribution is 2.40. The average Bonchev–Trinajstić information content (AvgIpc) is 3.17. The first-order chi connectivity index (χ1) is 10.2. The van der Waals surface area contributed by atoms with Crippen LogP contribution >= 0.6 is 23.7 Å². The molecule has 1 aromatic carbocycles. The second-order valence-electron chi connectivity index (χ2n) is 5.76. The first-order valence-corrected chi connectivity index (χ1v) is 8.27. The Kier molecular flexibility index (Phi) is 4.30. The smallest absolute Gasteiger partial charge is 0.162 e. The Labute approximate surface area is 140 Å². The van der Waals surface area contributed by atoms with E-state index in [4.69, 9.17) is 20.2 Å². The number of rotatable bonds is 2. The maximum Gasteiger partial charge on any atom is 0.162 e. The van der Waals surface area contributed by atoms with E-state index in [1.165, 1.54) is 12.8 Å². The molecule has 0 bridgehead atoms. The zero-order valence-corrected chi connectivity index (χ0v) is 13.8. The van der Waals surface area contributed by atoms with Crippen LogP contribution in [0, 0.1) is 0 Å². The van der Waals surface area contributed by atoms with E-state index in [1.54, 1.807) is 11.3 Å². The lowest BCUT2D eigenvalue weighted by atomic mass is 10.0. The first kappa shape index (κ1) is 15.6. The summed E-state index contributed by atoms with van der Waals surface area (Å²) in [6, 6.07) is 5.99. The van der Waals surface area contributed by atoms with Crippen molar-refractivity contribution in [2.24, 2.45) is 5.73 Å². The van der Waals surface area contributed by atoms with Gasteiger partial charge < -0.3 is 15.2 Å². The second kappa shape index (κ2) is 6.07. The molecule has 2 aliphatic rings. The van der Waals surface area contributed by atoms with Gasteiger partial charge in [-0.1, -0.05) is 12.8 Å². The Morgan fingerprint density at radius 1 is 1.09 bits per heavy atom. The molecule has 1 aliphatic heterocycles. The van der Waals surface area contributed by atoms with E-state index >= 15 is 0 Å². The molecule has 2 N–H and O–H groups in total. The van der Waals surface area contributed by atoms with Crippen LogP contribution in [0.4, 0.5) is 0 Å². The van der Waals surface area contributed by atoms with Gasteiger partial charge in [0.15, 0.2) is 11.5 Å². The van der Waals surface area contributed by atoms with Gasteiger partial charge in [-0.05, 0) is 31.0 Å². The Bertz CT molecular complexity index is 668. The molecular formula is C16H19ClN2O2S. The number of halogens is 1. The molecule has 0 spiro atoms. The van der Waals surface area contributed by atoms with Crippen molar-refractivity contribution in [3.8, 4) is 22.8 Å². The summed E-state index contributed by atoms with van der Waals surface area (Å²) in [4.78, 5) is 4.78. The Hall–Kier alpha value is -1.30. The number of hydrogen-bond donors (Lipinski definition) is 1. The van der Waals surface area contributed by atoms with Gasteiger partial charge >= 0.3 is 0 Å². The minimum Gasteiger partial charge on any atom is -0.486 e. The number of nitrogens with zero attached hydrogens (tertiary/aromatic N) is 1. The summed E-state index contributed by atoms with van der Waals surface area (Å²) in [5, 5.41) is 3.15. The molecule has 2 heterocycles. The Balaban J connectivity index is 0.00000144. The fourth-order valence-electron chi connectivity index (χ4n) is 3.06. The van der Waals surface area contributed by atoms with E-state index < -0.39 is 0 Å². The van der Waals surface area contributed by atoms with Crippen molar-refractivity contribution in [1.82, 2.24) is 4.98 Å². The molecule has 118 valence electrons. The van der Waals surface area contributed by atoms with Gasteiger partial charge in [0, 0.05) is 10.9 Å². The predicted octanol–water partition coefficient (Wildman–Crippen LogP) is 3.73. The van der Waals surface area contributed by atoms with Crippen LogP contribution in [-0.2, 0) is 5.54 Å². The van der Waals surface area contributed by atoms with E-state index in [0.29, 0.717) is 13.2 Å². The minimum absolute atomic E-state index is 0. The summed E-state index contributed by atoms with van der Waals surface area (Å²) in [5.41, 5.74) is 8.31. The Morgan fingerprint density at radius 2 is 1.82 bits per heavy atom. The van der Waals surface area contributed by atoms with Gasteiger partial charge in [0.2, 0.25) is 0 Å². The zero-order chi connectivity index (χ0) is 14.3. The maximum atomic E-state index is 6.49. The van der Waals surface area contributed by atoms with Crippen molar-refractivity contribution in [1.29, 1.82) is 0 Å². The SMILES string of the molecule is Cl.NC1(c2nc(-c3ccc4c(c3)OCCO4)cs2)CCCC1. The maximum absolute atomic E-state index is 6.49. The number of nitrogens with two attached hydrogens (primary N) is 1. The first-order valence-electron chi connectivity index (χ1n) is 7.40. The van der Waals surface area contributed by atoms with E-state index in [9.17, 15) is 0 Å². The van der Waals surface area contributed by atoms with Crippen LogP contribution in [0.2, 0.25) is 0 Å². The standard InChI is InChI=1S/C16H18N2O2S.ClH/c17-16(5-1-2-6-16)15-18-12(10-21-15)11-3-4-13-14(9-11)20-8-7-19-13;/h3-4,9-10H,1-2,5-8,17H2;1H. The molecule has 1 aliphatic carbocycles. The molecule has 6 heteroatoms. The molecule has 0 unspecified atom stereocenters. The van der Waals surface area contributed by atoms with Crippen molar-refractivity contribution in [3.05, 3.63) is 28.6 Å². The van der Waals surface area contributed by atoms with E-state index in [2.05, 4.69) is 5.38 Å². The summed E-state index contributed by atoms with van der Waals surface area (Å²) in [6.45, 7) is 1.22. The molecule has 0 saturated heterocycles. The normalized spacial score (nSPS) is 18.8. The number of thiazole rings is 1. The molecule has 0 amide bonds. The van der Waals surface area contributed by atoms with Gasteiger partial charge in [0.1, 0.15) is 18.2 Å². The summed E-state index contributed by atoms with van der Waals surface area (Å²) < 4.78 is 11.2. The van der Waals surface area contributed by atoms with E-state index in [1.807, 2.05) is 18.2 Å². The number of benzene rings is 1. The molecule has 1 saturated carbocycles. The quantitative estimate of drug-likeness (QED) is 0.906. The van der Waals surface area contributed by atoms with Crippen LogP contribution < -0.4 is 15.2 Å². The topological polar surface area (TPSA) is 57.4 Å². The monoisotopic (exact) mass is 338 g/mol.